The van der Waals surface area contributed by atoms with Crippen LogP contribution in [0.1, 0.15) is 29.9 Å². The van der Waals surface area contributed by atoms with Crippen molar-refractivity contribution in [3.63, 3.8) is 0 Å². The second-order valence-electron chi connectivity index (χ2n) is 4.70. The van der Waals surface area contributed by atoms with Crippen molar-refractivity contribution >= 4 is 0 Å². The molecule has 1 heterocycles. The van der Waals surface area contributed by atoms with Gasteiger partial charge in [-0.25, -0.2) is 9.97 Å². The molecule has 0 radical (unpaired) electrons. The number of alkyl halides is 3. The van der Waals surface area contributed by atoms with Crippen LogP contribution in [0.3, 0.4) is 0 Å². The molecule has 0 unspecified atom stereocenters. The molecule has 20 heavy (non-hydrogen) atoms. The topological polar surface area (TPSA) is 35.0 Å². The third-order valence-electron chi connectivity index (χ3n) is 3.07. The van der Waals surface area contributed by atoms with Crippen LogP contribution in [-0.4, -0.2) is 9.97 Å². The summed E-state index contributed by atoms with van der Waals surface area (Å²) in [5.41, 5.74) is 0.283. The third kappa shape index (κ3) is 2.89. The van der Waals surface area contributed by atoms with Crippen molar-refractivity contribution in [1.29, 1.82) is 0 Å². The van der Waals surface area contributed by atoms with Gasteiger partial charge in [0.25, 0.3) is 0 Å². The minimum atomic E-state index is -4.39. The van der Waals surface area contributed by atoms with Gasteiger partial charge >= 0.3 is 12.2 Å². The largest absolute Gasteiger partial charge is 0.424 e. The number of rotatable bonds is 3. The number of nitrogens with zero attached hydrogens (tertiary/aromatic N) is 2. The third-order valence-corrected chi connectivity index (χ3v) is 3.07. The van der Waals surface area contributed by atoms with Gasteiger partial charge in [0.05, 0.1) is 5.56 Å². The molecule has 6 heteroatoms. The molecule has 1 aliphatic carbocycles. The molecular formula is C14H11F3N2O. The quantitative estimate of drug-likeness (QED) is 0.846. The summed E-state index contributed by atoms with van der Waals surface area (Å²) in [5, 5.41) is 0. The van der Waals surface area contributed by atoms with Gasteiger partial charge in [-0.15, -0.1) is 0 Å². The van der Waals surface area contributed by atoms with Crippen molar-refractivity contribution in [3.05, 3.63) is 47.8 Å². The Hall–Kier alpha value is -2.11. The average Bonchev–Trinajstić information content (AvgIpc) is 3.23. The van der Waals surface area contributed by atoms with E-state index in [-0.39, 0.29) is 11.8 Å². The van der Waals surface area contributed by atoms with E-state index in [1.807, 2.05) is 0 Å². The molecule has 3 nitrogen and oxygen atoms in total. The van der Waals surface area contributed by atoms with Crippen molar-refractivity contribution in [2.24, 2.45) is 0 Å². The molecule has 0 aliphatic heterocycles. The Balaban J connectivity index is 1.76. The zero-order valence-corrected chi connectivity index (χ0v) is 10.4. The van der Waals surface area contributed by atoms with Crippen molar-refractivity contribution in [2.45, 2.75) is 24.9 Å². The van der Waals surface area contributed by atoms with E-state index in [0.717, 1.165) is 30.5 Å². The SMILES string of the molecule is FC(F)(F)c1cccc(Oc2ncc(C3CC3)cn2)c1. The highest BCUT2D eigenvalue weighted by Gasteiger charge is 2.30. The van der Waals surface area contributed by atoms with Gasteiger partial charge in [-0.1, -0.05) is 6.07 Å². The molecular weight excluding hydrogens is 269 g/mol. The summed E-state index contributed by atoms with van der Waals surface area (Å²) in [6.07, 6.45) is 1.20. The molecule has 0 amide bonds. The lowest BCUT2D eigenvalue weighted by atomic mass is 10.2. The molecule has 0 spiro atoms. The lowest BCUT2D eigenvalue weighted by Gasteiger charge is -2.09. The summed E-state index contributed by atoms with van der Waals surface area (Å²) < 4.78 is 43.0. The zero-order valence-electron chi connectivity index (χ0n) is 10.4. The Morgan fingerprint density at radius 1 is 1.10 bits per heavy atom. The standard InChI is InChI=1S/C14H11F3N2O/c15-14(16,17)11-2-1-3-12(6-11)20-13-18-7-10(8-19-13)9-4-5-9/h1-3,6-9H,4-5H2. The zero-order chi connectivity index (χ0) is 14.2. The van der Waals surface area contributed by atoms with Gasteiger partial charge in [0.1, 0.15) is 5.75 Å². The van der Waals surface area contributed by atoms with E-state index in [0.29, 0.717) is 5.92 Å². The van der Waals surface area contributed by atoms with Crippen LogP contribution in [0.5, 0.6) is 11.8 Å². The van der Waals surface area contributed by atoms with E-state index in [1.165, 1.54) is 12.1 Å². The van der Waals surface area contributed by atoms with E-state index in [9.17, 15) is 13.2 Å². The van der Waals surface area contributed by atoms with E-state index in [1.54, 1.807) is 12.4 Å². The second-order valence-corrected chi connectivity index (χ2v) is 4.70. The van der Waals surface area contributed by atoms with Crippen molar-refractivity contribution in [2.75, 3.05) is 0 Å². The smallest absolute Gasteiger partial charge is 0.416 e. The molecule has 3 rings (SSSR count). The number of halogens is 3. The summed E-state index contributed by atoms with van der Waals surface area (Å²) in [4.78, 5) is 8.02. The number of hydrogen-bond acceptors (Lipinski definition) is 3. The van der Waals surface area contributed by atoms with Crippen LogP contribution in [0.4, 0.5) is 13.2 Å². The molecule has 1 aromatic heterocycles. The Bertz CT molecular complexity index is 607. The minimum Gasteiger partial charge on any atom is -0.424 e. The van der Waals surface area contributed by atoms with Crippen LogP contribution in [0.25, 0.3) is 0 Å². The first-order valence-electron chi connectivity index (χ1n) is 6.19. The summed E-state index contributed by atoms with van der Waals surface area (Å²) >= 11 is 0. The molecule has 1 aromatic carbocycles. The summed E-state index contributed by atoms with van der Waals surface area (Å²) in [7, 11) is 0. The van der Waals surface area contributed by atoms with E-state index < -0.39 is 11.7 Å². The van der Waals surface area contributed by atoms with Gasteiger partial charge in [0.2, 0.25) is 0 Å². The number of hydrogen-bond donors (Lipinski definition) is 0. The fraction of sp³-hybridized carbons (Fsp3) is 0.286. The minimum absolute atomic E-state index is 0.0497. The van der Waals surface area contributed by atoms with Crippen LogP contribution < -0.4 is 4.74 Å². The van der Waals surface area contributed by atoms with Crippen LogP contribution >= 0.6 is 0 Å². The van der Waals surface area contributed by atoms with Crippen LogP contribution in [0.15, 0.2) is 36.7 Å². The van der Waals surface area contributed by atoms with E-state index in [2.05, 4.69) is 9.97 Å². The molecule has 0 atom stereocenters. The van der Waals surface area contributed by atoms with Gasteiger partial charge in [-0.3, -0.25) is 0 Å². The summed E-state index contributed by atoms with van der Waals surface area (Å²) in [6, 6.07) is 4.69. The van der Waals surface area contributed by atoms with Crippen molar-refractivity contribution in [1.82, 2.24) is 9.97 Å². The normalized spacial score (nSPS) is 15.2. The number of benzene rings is 1. The highest BCUT2D eigenvalue weighted by molar-refractivity contribution is 5.32. The molecule has 0 bridgehead atoms. The predicted molar refractivity (Wildman–Crippen MR) is 65.5 cm³/mol. The predicted octanol–water partition coefficient (Wildman–Crippen LogP) is 4.17. The lowest BCUT2D eigenvalue weighted by Crippen LogP contribution is -2.04. The molecule has 1 fully saturated rings. The molecule has 1 saturated carbocycles. The average molecular weight is 280 g/mol. The fourth-order valence-electron chi connectivity index (χ4n) is 1.85. The van der Waals surface area contributed by atoms with Crippen LogP contribution in [0.2, 0.25) is 0 Å². The number of ether oxygens (including phenoxy) is 1. The molecule has 0 N–H and O–H groups in total. The Labute approximate surface area is 113 Å². The van der Waals surface area contributed by atoms with Crippen LogP contribution in [-0.2, 0) is 6.18 Å². The molecule has 0 saturated heterocycles. The Morgan fingerprint density at radius 3 is 2.40 bits per heavy atom. The van der Waals surface area contributed by atoms with Gasteiger partial charge in [0, 0.05) is 12.4 Å². The Kier molecular flexibility index (Phi) is 3.08. The monoisotopic (exact) mass is 280 g/mol. The number of aromatic nitrogens is 2. The maximum absolute atomic E-state index is 12.6. The van der Waals surface area contributed by atoms with Gasteiger partial charge in [-0.05, 0) is 42.5 Å². The maximum atomic E-state index is 12.6. The van der Waals surface area contributed by atoms with E-state index in [4.69, 9.17) is 4.74 Å². The van der Waals surface area contributed by atoms with Gasteiger partial charge in [0.15, 0.2) is 0 Å². The molecule has 2 aromatic rings. The summed E-state index contributed by atoms with van der Waals surface area (Å²) in [5.74, 6) is 0.594. The van der Waals surface area contributed by atoms with E-state index >= 15 is 0 Å². The molecule has 104 valence electrons. The van der Waals surface area contributed by atoms with Crippen molar-refractivity contribution < 1.29 is 17.9 Å². The molecule has 1 aliphatic rings. The first kappa shape index (κ1) is 12.9. The highest BCUT2D eigenvalue weighted by Crippen LogP contribution is 2.39. The first-order valence-corrected chi connectivity index (χ1v) is 6.19. The lowest BCUT2D eigenvalue weighted by molar-refractivity contribution is -0.137. The van der Waals surface area contributed by atoms with Crippen molar-refractivity contribution in [3.8, 4) is 11.8 Å². The highest BCUT2D eigenvalue weighted by atomic mass is 19.4. The Morgan fingerprint density at radius 2 is 1.80 bits per heavy atom. The maximum Gasteiger partial charge on any atom is 0.416 e. The van der Waals surface area contributed by atoms with Crippen LogP contribution in [0, 0.1) is 0 Å². The first-order chi connectivity index (χ1) is 9.52. The van der Waals surface area contributed by atoms with Gasteiger partial charge in [-0.2, -0.15) is 13.2 Å². The van der Waals surface area contributed by atoms with Gasteiger partial charge < -0.3 is 4.74 Å². The fourth-order valence-corrected chi connectivity index (χ4v) is 1.85. The second kappa shape index (κ2) is 4.77. The summed E-state index contributed by atoms with van der Waals surface area (Å²) in [6.45, 7) is 0.